The highest BCUT2D eigenvalue weighted by Crippen LogP contribution is 2.19. The lowest BCUT2D eigenvalue weighted by atomic mass is 10.0. The molecule has 2 N–H and O–H groups in total. The molecule has 0 saturated heterocycles. The Balaban J connectivity index is 2.34. The summed E-state index contributed by atoms with van der Waals surface area (Å²) in [6.07, 6.45) is 0.661. The largest absolute Gasteiger partial charge is 0.399 e. The lowest BCUT2D eigenvalue weighted by Crippen LogP contribution is -2.13. The van der Waals surface area contributed by atoms with Gasteiger partial charge in [0.25, 0.3) is 0 Å². The molecule has 0 atom stereocenters. The van der Waals surface area contributed by atoms with Crippen molar-refractivity contribution in [2.75, 3.05) is 17.7 Å². The first-order chi connectivity index (χ1) is 9.52. The van der Waals surface area contributed by atoms with Gasteiger partial charge in [0.1, 0.15) is 5.82 Å². The molecule has 0 spiro atoms. The molecule has 2 aromatic carbocycles. The number of nitrogens with two attached hydrogens (primary N) is 1. The zero-order valence-electron chi connectivity index (χ0n) is 10.8. The Morgan fingerprint density at radius 2 is 1.85 bits per heavy atom. The standard InChI is InChI=1S/C15H13FN2O2/c1-18(9-19)12-5-2-10(3-6-12)15(20)13-8-11(17)4-7-14(13)16/h2-9H,17H2,1H3. The van der Waals surface area contributed by atoms with Gasteiger partial charge in [-0.1, -0.05) is 0 Å². The van der Waals surface area contributed by atoms with Crippen molar-refractivity contribution in [2.45, 2.75) is 0 Å². The second kappa shape index (κ2) is 5.52. The summed E-state index contributed by atoms with van der Waals surface area (Å²) in [5.41, 5.74) is 6.79. The lowest BCUT2D eigenvalue weighted by molar-refractivity contribution is -0.107. The van der Waals surface area contributed by atoms with E-state index in [1.165, 1.54) is 17.0 Å². The van der Waals surface area contributed by atoms with Crippen molar-refractivity contribution < 1.29 is 14.0 Å². The van der Waals surface area contributed by atoms with E-state index in [4.69, 9.17) is 5.73 Å². The van der Waals surface area contributed by atoms with E-state index < -0.39 is 11.6 Å². The molecule has 102 valence electrons. The number of halogens is 1. The molecule has 5 heteroatoms. The molecule has 0 aromatic heterocycles. The van der Waals surface area contributed by atoms with Gasteiger partial charge in [0.15, 0.2) is 5.78 Å². The van der Waals surface area contributed by atoms with Gasteiger partial charge in [-0.15, -0.1) is 0 Å². The Morgan fingerprint density at radius 3 is 2.45 bits per heavy atom. The molecular formula is C15H13FN2O2. The molecule has 0 radical (unpaired) electrons. The third-order valence-corrected chi connectivity index (χ3v) is 2.93. The molecule has 0 fully saturated rings. The van der Waals surface area contributed by atoms with Gasteiger partial charge >= 0.3 is 0 Å². The van der Waals surface area contributed by atoms with Crippen molar-refractivity contribution in [1.29, 1.82) is 0 Å². The molecule has 0 aliphatic rings. The van der Waals surface area contributed by atoms with Crippen molar-refractivity contribution in [3.63, 3.8) is 0 Å². The summed E-state index contributed by atoms with van der Waals surface area (Å²) in [5, 5.41) is 0. The van der Waals surface area contributed by atoms with Crippen LogP contribution in [0.4, 0.5) is 15.8 Å². The van der Waals surface area contributed by atoms with Crippen LogP contribution in [0.15, 0.2) is 42.5 Å². The minimum atomic E-state index is -0.613. The van der Waals surface area contributed by atoms with Gasteiger partial charge in [0.05, 0.1) is 5.56 Å². The van der Waals surface area contributed by atoms with Gasteiger partial charge < -0.3 is 10.6 Å². The predicted octanol–water partition coefficient (Wildman–Crippen LogP) is 2.23. The summed E-state index contributed by atoms with van der Waals surface area (Å²) in [7, 11) is 1.60. The van der Waals surface area contributed by atoms with Crippen LogP contribution in [0, 0.1) is 5.82 Å². The summed E-state index contributed by atoms with van der Waals surface area (Å²) in [6, 6.07) is 10.2. The van der Waals surface area contributed by atoms with E-state index >= 15 is 0 Å². The fraction of sp³-hybridized carbons (Fsp3) is 0.0667. The molecule has 2 rings (SSSR count). The number of benzene rings is 2. The number of amides is 1. The highest BCUT2D eigenvalue weighted by atomic mass is 19.1. The minimum absolute atomic E-state index is 0.0681. The van der Waals surface area contributed by atoms with Gasteiger partial charge in [0.2, 0.25) is 6.41 Å². The molecule has 0 heterocycles. The van der Waals surface area contributed by atoms with Crippen LogP contribution in [0.3, 0.4) is 0 Å². The van der Waals surface area contributed by atoms with Crippen molar-refractivity contribution >= 4 is 23.6 Å². The highest BCUT2D eigenvalue weighted by molar-refractivity contribution is 6.09. The Hall–Kier alpha value is -2.69. The van der Waals surface area contributed by atoms with Crippen molar-refractivity contribution in [2.24, 2.45) is 0 Å². The van der Waals surface area contributed by atoms with Gasteiger partial charge in [-0.05, 0) is 42.5 Å². The molecule has 0 unspecified atom stereocenters. The zero-order valence-corrected chi connectivity index (χ0v) is 10.8. The molecular weight excluding hydrogens is 259 g/mol. The van der Waals surface area contributed by atoms with Crippen LogP contribution in [0.2, 0.25) is 0 Å². The number of anilines is 2. The van der Waals surface area contributed by atoms with E-state index in [0.717, 1.165) is 6.07 Å². The van der Waals surface area contributed by atoms with Crippen LogP contribution in [0.25, 0.3) is 0 Å². The van der Waals surface area contributed by atoms with E-state index in [1.807, 2.05) is 0 Å². The second-order valence-electron chi connectivity index (χ2n) is 4.33. The Bertz CT molecular complexity index is 653. The van der Waals surface area contributed by atoms with Crippen molar-refractivity contribution in [3.05, 3.63) is 59.4 Å². The van der Waals surface area contributed by atoms with E-state index in [1.54, 1.807) is 31.3 Å². The first kappa shape index (κ1) is 13.7. The Morgan fingerprint density at radius 1 is 1.20 bits per heavy atom. The molecule has 0 bridgehead atoms. The van der Waals surface area contributed by atoms with Gasteiger partial charge in [-0.25, -0.2) is 4.39 Å². The molecule has 0 saturated carbocycles. The lowest BCUT2D eigenvalue weighted by Gasteiger charge is -2.11. The first-order valence-electron chi connectivity index (χ1n) is 5.91. The smallest absolute Gasteiger partial charge is 0.213 e. The second-order valence-corrected chi connectivity index (χ2v) is 4.33. The average Bonchev–Trinajstić information content (AvgIpc) is 2.48. The van der Waals surface area contributed by atoms with Crippen LogP contribution in [0.5, 0.6) is 0 Å². The predicted molar refractivity (Wildman–Crippen MR) is 75.2 cm³/mol. The molecule has 20 heavy (non-hydrogen) atoms. The maximum Gasteiger partial charge on any atom is 0.213 e. The first-order valence-corrected chi connectivity index (χ1v) is 5.91. The summed E-state index contributed by atoms with van der Waals surface area (Å²) in [6.45, 7) is 0. The summed E-state index contributed by atoms with van der Waals surface area (Å²) in [4.78, 5) is 24.2. The number of carbonyl (C=O) groups excluding carboxylic acids is 2. The SMILES string of the molecule is CN(C=O)c1ccc(C(=O)c2cc(N)ccc2F)cc1. The van der Waals surface area contributed by atoms with Crippen LogP contribution in [-0.2, 0) is 4.79 Å². The van der Waals surface area contributed by atoms with Crippen LogP contribution >= 0.6 is 0 Å². The topological polar surface area (TPSA) is 63.4 Å². The quantitative estimate of drug-likeness (QED) is 0.527. The molecule has 0 aliphatic heterocycles. The van der Waals surface area contributed by atoms with E-state index in [9.17, 15) is 14.0 Å². The molecule has 1 amide bonds. The number of hydrogen-bond donors (Lipinski definition) is 1. The minimum Gasteiger partial charge on any atom is -0.399 e. The van der Waals surface area contributed by atoms with E-state index in [2.05, 4.69) is 0 Å². The normalized spacial score (nSPS) is 10.1. The van der Waals surface area contributed by atoms with Gasteiger partial charge in [0, 0.05) is 24.0 Å². The third-order valence-electron chi connectivity index (χ3n) is 2.93. The third kappa shape index (κ3) is 2.66. The van der Waals surface area contributed by atoms with Gasteiger partial charge in [-0.3, -0.25) is 9.59 Å². The van der Waals surface area contributed by atoms with Crippen LogP contribution in [-0.4, -0.2) is 19.2 Å². The number of nitrogens with zero attached hydrogens (tertiary/aromatic N) is 1. The maximum absolute atomic E-state index is 13.6. The number of rotatable bonds is 4. The molecule has 4 nitrogen and oxygen atoms in total. The zero-order chi connectivity index (χ0) is 14.7. The van der Waals surface area contributed by atoms with Crippen molar-refractivity contribution in [1.82, 2.24) is 0 Å². The summed E-state index contributed by atoms with van der Waals surface area (Å²) in [5.74, 6) is -1.06. The Kier molecular flexibility index (Phi) is 3.79. The number of ketones is 1. The summed E-state index contributed by atoms with van der Waals surface area (Å²) >= 11 is 0. The summed E-state index contributed by atoms with van der Waals surface area (Å²) < 4.78 is 13.6. The van der Waals surface area contributed by atoms with Gasteiger partial charge in [-0.2, -0.15) is 0 Å². The van der Waals surface area contributed by atoms with Crippen LogP contribution < -0.4 is 10.6 Å². The van der Waals surface area contributed by atoms with E-state index in [0.29, 0.717) is 23.3 Å². The molecule has 2 aromatic rings. The van der Waals surface area contributed by atoms with Crippen LogP contribution in [0.1, 0.15) is 15.9 Å². The van der Waals surface area contributed by atoms with E-state index in [-0.39, 0.29) is 5.56 Å². The maximum atomic E-state index is 13.6. The fourth-order valence-electron chi connectivity index (χ4n) is 1.78. The average molecular weight is 272 g/mol. The number of hydrogen-bond acceptors (Lipinski definition) is 3. The van der Waals surface area contributed by atoms with Crippen molar-refractivity contribution in [3.8, 4) is 0 Å². The highest BCUT2D eigenvalue weighted by Gasteiger charge is 2.14. The number of carbonyl (C=O) groups is 2. The number of nitrogen functional groups attached to an aromatic ring is 1. The Labute approximate surface area is 115 Å². The monoisotopic (exact) mass is 272 g/mol. The molecule has 0 aliphatic carbocycles. The fourth-order valence-corrected chi connectivity index (χ4v) is 1.78.